The lowest BCUT2D eigenvalue weighted by molar-refractivity contribution is 0.00578. The fourth-order valence-corrected chi connectivity index (χ4v) is 1.10. The van der Waals surface area contributed by atoms with Crippen LogP contribution in [0.2, 0.25) is 0 Å². The number of hydrogen-bond donors (Lipinski definition) is 1. The molecule has 1 saturated heterocycles. The number of hydrogen-bond acceptors (Lipinski definition) is 3. The van der Waals surface area contributed by atoms with Crippen molar-refractivity contribution in [1.29, 1.82) is 0 Å². The standard InChI is InChI=1S/C8H18BNO2/c1-6(10)9-11-7(2,3)8(4,5)12-9/h6H,10H2,1-5H3/t6-/m1/s1. The number of rotatable bonds is 1. The average Bonchev–Trinajstić information content (AvgIpc) is 2.03. The van der Waals surface area contributed by atoms with Gasteiger partial charge in [0.2, 0.25) is 0 Å². The summed E-state index contributed by atoms with van der Waals surface area (Å²) in [6, 6.07) is 0. The fourth-order valence-electron chi connectivity index (χ4n) is 1.10. The SMILES string of the molecule is C[C@@H](N)B1OC(C)(C)C(C)(C)O1. The first kappa shape index (κ1) is 10.0. The predicted molar refractivity (Wildman–Crippen MR) is 49.7 cm³/mol. The van der Waals surface area contributed by atoms with Crippen LogP contribution in [-0.4, -0.2) is 24.3 Å². The fraction of sp³-hybridized carbons (Fsp3) is 1.00. The first-order valence-electron chi connectivity index (χ1n) is 4.37. The third-order valence-corrected chi connectivity index (χ3v) is 2.70. The van der Waals surface area contributed by atoms with E-state index in [1.54, 1.807) is 0 Å². The summed E-state index contributed by atoms with van der Waals surface area (Å²) in [6.07, 6.45) is 0. The van der Waals surface area contributed by atoms with Gasteiger partial charge < -0.3 is 15.0 Å². The minimum atomic E-state index is -0.269. The Labute approximate surface area is 74.7 Å². The Balaban J connectivity index is 2.74. The molecule has 0 aromatic carbocycles. The van der Waals surface area contributed by atoms with Crippen molar-refractivity contribution in [1.82, 2.24) is 0 Å². The van der Waals surface area contributed by atoms with E-state index in [0.717, 1.165) is 0 Å². The summed E-state index contributed by atoms with van der Waals surface area (Å²) >= 11 is 0. The third kappa shape index (κ3) is 1.51. The molecule has 0 aliphatic carbocycles. The lowest BCUT2D eigenvalue weighted by atomic mass is 9.81. The molecule has 1 heterocycles. The Kier molecular flexibility index (Phi) is 2.27. The smallest absolute Gasteiger partial charge is 0.402 e. The molecular weight excluding hydrogens is 153 g/mol. The van der Waals surface area contributed by atoms with Crippen LogP contribution >= 0.6 is 0 Å². The Hall–Kier alpha value is -0.0551. The normalized spacial score (nSPS) is 29.0. The topological polar surface area (TPSA) is 44.5 Å². The van der Waals surface area contributed by atoms with Gasteiger partial charge in [-0.25, -0.2) is 0 Å². The van der Waals surface area contributed by atoms with Crippen molar-refractivity contribution < 1.29 is 9.31 Å². The van der Waals surface area contributed by atoms with Crippen molar-refractivity contribution in [2.75, 3.05) is 0 Å². The largest absolute Gasteiger partial charge is 0.475 e. The van der Waals surface area contributed by atoms with E-state index < -0.39 is 0 Å². The van der Waals surface area contributed by atoms with Gasteiger partial charge in [-0.1, -0.05) is 6.92 Å². The zero-order valence-corrected chi connectivity index (χ0v) is 8.55. The molecular formula is C8H18BNO2. The molecule has 0 bridgehead atoms. The Morgan fingerprint density at radius 2 is 1.42 bits per heavy atom. The van der Waals surface area contributed by atoms with Crippen molar-refractivity contribution in [3.63, 3.8) is 0 Å². The highest BCUT2D eigenvalue weighted by molar-refractivity contribution is 6.47. The molecule has 1 fully saturated rings. The lowest BCUT2D eigenvalue weighted by Gasteiger charge is -2.32. The average molecular weight is 171 g/mol. The quantitative estimate of drug-likeness (QED) is 0.597. The molecule has 0 spiro atoms. The second kappa shape index (κ2) is 2.72. The van der Waals surface area contributed by atoms with Gasteiger partial charge in [-0.05, 0) is 27.7 Å². The van der Waals surface area contributed by atoms with Crippen LogP contribution in [0.25, 0.3) is 0 Å². The van der Waals surface area contributed by atoms with Gasteiger partial charge >= 0.3 is 7.12 Å². The van der Waals surface area contributed by atoms with E-state index in [0.29, 0.717) is 0 Å². The lowest BCUT2D eigenvalue weighted by Crippen LogP contribution is -2.41. The summed E-state index contributed by atoms with van der Waals surface area (Å²) in [5, 5.41) is 0. The molecule has 0 saturated carbocycles. The zero-order valence-electron chi connectivity index (χ0n) is 8.55. The minimum Gasteiger partial charge on any atom is -0.402 e. The molecule has 0 radical (unpaired) electrons. The van der Waals surface area contributed by atoms with Crippen LogP contribution in [0.15, 0.2) is 0 Å². The maximum absolute atomic E-state index is 5.69. The highest BCUT2D eigenvalue weighted by Gasteiger charge is 2.52. The van der Waals surface area contributed by atoms with Crippen LogP contribution in [0.5, 0.6) is 0 Å². The maximum Gasteiger partial charge on any atom is 0.475 e. The molecule has 1 rings (SSSR count). The molecule has 70 valence electrons. The second-order valence-electron chi connectivity index (χ2n) is 4.48. The first-order valence-corrected chi connectivity index (χ1v) is 4.37. The van der Waals surface area contributed by atoms with Crippen molar-refractivity contribution >= 4 is 7.12 Å². The monoisotopic (exact) mass is 171 g/mol. The second-order valence-corrected chi connectivity index (χ2v) is 4.48. The van der Waals surface area contributed by atoms with E-state index in [-0.39, 0.29) is 24.3 Å². The van der Waals surface area contributed by atoms with Crippen LogP contribution in [0.4, 0.5) is 0 Å². The molecule has 4 heteroatoms. The van der Waals surface area contributed by atoms with Gasteiger partial charge in [0.25, 0.3) is 0 Å². The van der Waals surface area contributed by atoms with Crippen molar-refractivity contribution in [2.45, 2.75) is 51.8 Å². The molecule has 12 heavy (non-hydrogen) atoms. The van der Waals surface area contributed by atoms with Crippen molar-refractivity contribution in [2.24, 2.45) is 5.73 Å². The molecule has 0 amide bonds. The number of nitrogens with two attached hydrogens (primary N) is 1. The highest BCUT2D eigenvalue weighted by atomic mass is 16.7. The van der Waals surface area contributed by atoms with Crippen LogP contribution < -0.4 is 5.73 Å². The molecule has 0 aromatic heterocycles. The van der Waals surface area contributed by atoms with Crippen molar-refractivity contribution in [3.8, 4) is 0 Å². The molecule has 0 unspecified atom stereocenters. The van der Waals surface area contributed by atoms with Gasteiger partial charge in [-0.3, -0.25) is 0 Å². The zero-order chi connectivity index (χ0) is 9.57. The summed E-state index contributed by atoms with van der Waals surface area (Å²) in [7, 11) is -0.269. The highest BCUT2D eigenvalue weighted by Crippen LogP contribution is 2.36. The van der Waals surface area contributed by atoms with E-state index >= 15 is 0 Å². The van der Waals surface area contributed by atoms with Gasteiger partial charge in [-0.15, -0.1) is 0 Å². The molecule has 1 aliphatic heterocycles. The van der Waals surface area contributed by atoms with Gasteiger partial charge in [0, 0.05) is 5.94 Å². The van der Waals surface area contributed by atoms with E-state index in [4.69, 9.17) is 15.0 Å². The summed E-state index contributed by atoms with van der Waals surface area (Å²) in [5.74, 6) is -0.0777. The Morgan fingerprint density at radius 1 is 1.08 bits per heavy atom. The Bertz CT molecular complexity index is 164. The van der Waals surface area contributed by atoms with Crippen LogP contribution in [0.3, 0.4) is 0 Å². The van der Waals surface area contributed by atoms with Crippen LogP contribution in [0, 0.1) is 0 Å². The van der Waals surface area contributed by atoms with E-state index in [1.807, 2.05) is 34.6 Å². The molecule has 0 aromatic rings. The first-order chi connectivity index (χ1) is 5.26. The Morgan fingerprint density at radius 3 is 1.58 bits per heavy atom. The summed E-state index contributed by atoms with van der Waals surface area (Å²) in [5.41, 5.74) is 5.17. The maximum atomic E-state index is 5.69. The molecule has 1 atom stereocenters. The van der Waals surface area contributed by atoms with Gasteiger partial charge in [0.1, 0.15) is 0 Å². The van der Waals surface area contributed by atoms with Gasteiger partial charge in [-0.2, -0.15) is 0 Å². The van der Waals surface area contributed by atoms with Gasteiger partial charge in [0.15, 0.2) is 0 Å². The van der Waals surface area contributed by atoms with E-state index in [9.17, 15) is 0 Å². The molecule has 1 aliphatic rings. The summed E-state index contributed by atoms with van der Waals surface area (Å²) in [6.45, 7) is 9.98. The molecule has 2 N–H and O–H groups in total. The molecule has 3 nitrogen and oxygen atoms in total. The van der Waals surface area contributed by atoms with Crippen molar-refractivity contribution in [3.05, 3.63) is 0 Å². The van der Waals surface area contributed by atoms with Gasteiger partial charge in [0.05, 0.1) is 11.2 Å². The predicted octanol–water partition coefficient (Wildman–Crippen LogP) is 0.965. The van der Waals surface area contributed by atoms with Crippen LogP contribution in [0.1, 0.15) is 34.6 Å². The van der Waals surface area contributed by atoms with Crippen LogP contribution in [-0.2, 0) is 9.31 Å². The third-order valence-electron chi connectivity index (χ3n) is 2.70. The van der Waals surface area contributed by atoms with E-state index in [1.165, 1.54) is 0 Å². The summed E-state index contributed by atoms with van der Waals surface area (Å²) in [4.78, 5) is 0. The minimum absolute atomic E-state index is 0.0777. The summed E-state index contributed by atoms with van der Waals surface area (Å²) < 4.78 is 11.4. The van der Waals surface area contributed by atoms with E-state index in [2.05, 4.69) is 0 Å².